The second kappa shape index (κ2) is 5.38. The van der Waals surface area contributed by atoms with Gasteiger partial charge in [-0.2, -0.15) is 4.98 Å². The van der Waals surface area contributed by atoms with Crippen LogP contribution in [0.5, 0.6) is 0 Å². The van der Waals surface area contributed by atoms with Crippen LogP contribution in [0.1, 0.15) is 5.56 Å². The number of non-ortho nitro benzene ring substituents is 1. The summed E-state index contributed by atoms with van der Waals surface area (Å²) in [5, 5.41) is 11.3. The van der Waals surface area contributed by atoms with Crippen LogP contribution in [0.4, 0.5) is 5.69 Å². The number of benzene rings is 2. The van der Waals surface area contributed by atoms with Gasteiger partial charge in [-0.05, 0) is 35.9 Å². The first-order valence-electron chi connectivity index (χ1n) is 7.34. The van der Waals surface area contributed by atoms with Gasteiger partial charge in [-0.25, -0.2) is 4.40 Å². The molecule has 0 aliphatic rings. The van der Waals surface area contributed by atoms with Crippen molar-refractivity contribution in [1.82, 2.24) is 14.4 Å². The number of nitrogens with zero attached hydrogens (tertiary/aromatic N) is 3. The van der Waals surface area contributed by atoms with E-state index in [1.54, 1.807) is 30.3 Å². The van der Waals surface area contributed by atoms with E-state index in [0.717, 1.165) is 0 Å². The smallest absolute Gasteiger partial charge is 0.282 e. The van der Waals surface area contributed by atoms with Crippen molar-refractivity contribution in [2.45, 2.75) is 0 Å². The summed E-state index contributed by atoms with van der Waals surface area (Å²) in [5.74, 6) is 0.155. The Morgan fingerprint density at radius 2 is 1.80 bits per heavy atom. The SMILES string of the molecule is O=c1nc2[nH]/c(=C\c3ccc([N+](=O)[O-])cc3)c(=O)n2c2ccccc12. The minimum Gasteiger partial charge on any atom is -0.320 e. The fraction of sp³-hybridized carbons (Fsp3) is 0. The first-order chi connectivity index (χ1) is 12.0. The monoisotopic (exact) mass is 334 g/mol. The van der Waals surface area contributed by atoms with Crippen LogP contribution in [0, 0.1) is 10.1 Å². The number of rotatable bonds is 2. The maximum atomic E-state index is 12.7. The predicted molar refractivity (Wildman–Crippen MR) is 91.5 cm³/mol. The first kappa shape index (κ1) is 14.8. The van der Waals surface area contributed by atoms with E-state index in [1.807, 2.05) is 0 Å². The highest BCUT2D eigenvalue weighted by Crippen LogP contribution is 2.12. The lowest BCUT2D eigenvalue weighted by Crippen LogP contribution is -2.26. The summed E-state index contributed by atoms with van der Waals surface area (Å²) in [5.41, 5.74) is 0.286. The molecule has 0 fully saturated rings. The Morgan fingerprint density at radius 3 is 2.52 bits per heavy atom. The van der Waals surface area contributed by atoms with Crippen LogP contribution < -0.4 is 16.5 Å². The summed E-state index contributed by atoms with van der Waals surface area (Å²) < 4.78 is 1.34. The molecule has 2 heterocycles. The van der Waals surface area contributed by atoms with Gasteiger partial charge in [0.05, 0.1) is 15.8 Å². The molecule has 0 atom stereocenters. The van der Waals surface area contributed by atoms with Crippen LogP contribution in [0.25, 0.3) is 22.8 Å². The van der Waals surface area contributed by atoms with Gasteiger partial charge in [0.2, 0.25) is 5.78 Å². The third-order valence-electron chi connectivity index (χ3n) is 3.89. The Hall–Kier alpha value is -3.81. The van der Waals surface area contributed by atoms with Gasteiger partial charge in [0.25, 0.3) is 16.8 Å². The lowest BCUT2D eigenvalue weighted by atomic mass is 10.2. The largest absolute Gasteiger partial charge is 0.320 e. The first-order valence-corrected chi connectivity index (χ1v) is 7.34. The number of nitro groups is 1. The highest BCUT2D eigenvalue weighted by atomic mass is 16.6. The summed E-state index contributed by atoms with van der Waals surface area (Å²) in [6, 6.07) is 12.5. The van der Waals surface area contributed by atoms with Gasteiger partial charge in [0.1, 0.15) is 5.35 Å². The molecule has 122 valence electrons. The second-order valence-electron chi connectivity index (χ2n) is 5.43. The maximum absolute atomic E-state index is 12.7. The fourth-order valence-electron chi connectivity index (χ4n) is 2.71. The zero-order valence-corrected chi connectivity index (χ0v) is 12.7. The predicted octanol–water partition coefficient (Wildman–Crippen LogP) is 0.992. The van der Waals surface area contributed by atoms with Gasteiger partial charge in [-0.3, -0.25) is 19.7 Å². The van der Waals surface area contributed by atoms with Gasteiger partial charge in [0, 0.05) is 12.1 Å². The molecule has 0 saturated heterocycles. The maximum Gasteiger partial charge on any atom is 0.282 e. The molecule has 0 amide bonds. The Bertz CT molecular complexity index is 1300. The number of aromatic nitrogens is 3. The van der Waals surface area contributed by atoms with Gasteiger partial charge in [0.15, 0.2) is 0 Å². The van der Waals surface area contributed by atoms with Crippen molar-refractivity contribution >= 4 is 28.4 Å². The standard InChI is InChI=1S/C17H10N4O4/c22-15-12-3-1-2-4-14(12)20-16(23)13(18-17(20)19-15)9-10-5-7-11(8-6-10)21(24)25/h1-9H,(H,18,19,22)/b13-9-. The van der Waals surface area contributed by atoms with Crippen LogP contribution >= 0.6 is 0 Å². The number of aromatic amines is 1. The normalized spacial score (nSPS) is 12.1. The zero-order chi connectivity index (χ0) is 17.6. The van der Waals surface area contributed by atoms with E-state index in [2.05, 4.69) is 9.97 Å². The molecule has 2 aromatic carbocycles. The molecular weight excluding hydrogens is 324 g/mol. The number of imidazole rings is 1. The highest BCUT2D eigenvalue weighted by Gasteiger charge is 2.10. The van der Waals surface area contributed by atoms with Gasteiger partial charge in [-0.15, -0.1) is 0 Å². The average molecular weight is 334 g/mol. The molecule has 4 aromatic rings. The Morgan fingerprint density at radius 1 is 1.08 bits per heavy atom. The van der Waals surface area contributed by atoms with Crippen LogP contribution in [-0.4, -0.2) is 19.3 Å². The van der Waals surface area contributed by atoms with E-state index >= 15 is 0 Å². The molecule has 0 aliphatic carbocycles. The Kier molecular flexibility index (Phi) is 3.17. The van der Waals surface area contributed by atoms with Crippen molar-refractivity contribution in [3.63, 3.8) is 0 Å². The molecular formula is C17H10N4O4. The Labute approximate surface area is 138 Å². The van der Waals surface area contributed by atoms with E-state index in [9.17, 15) is 19.7 Å². The molecule has 8 nitrogen and oxygen atoms in total. The molecule has 2 aromatic heterocycles. The lowest BCUT2D eigenvalue weighted by molar-refractivity contribution is -0.384. The third kappa shape index (κ3) is 2.36. The number of nitrogens with one attached hydrogen (secondary N) is 1. The van der Waals surface area contributed by atoms with Crippen molar-refractivity contribution in [2.75, 3.05) is 0 Å². The summed E-state index contributed by atoms with van der Waals surface area (Å²) >= 11 is 0. The van der Waals surface area contributed by atoms with Crippen molar-refractivity contribution < 1.29 is 4.92 Å². The van der Waals surface area contributed by atoms with E-state index in [4.69, 9.17) is 0 Å². The van der Waals surface area contributed by atoms with E-state index < -0.39 is 10.5 Å². The lowest BCUT2D eigenvalue weighted by Gasteiger charge is -1.97. The van der Waals surface area contributed by atoms with Crippen molar-refractivity contribution in [3.05, 3.63) is 90.3 Å². The van der Waals surface area contributed by atoms with Crippen LogP contribution in [-0.2, 0) is 0 Å². The van der Waals surface area contributed by atoms with Crippen molar-refractivity contribution in [3.8, 4) is 0 Å². The van der Waals surface area contributed by atoms with Crippen molar-refractivity contribution in [2.24, 2.45) is 0 Å². The minimum atomic E-state index is -0.493. The molecule has 8 heteroatoms. The third-order valence-corrected chi connectivity index (χ3v) is 3.89. The molecule has 0 aliphatic heterocycles. The minimum absolute atomic E-state index is 0.0332. The van der Waals surface area contributed by atoms with Crippen LogP contribution in [0.15, 0.2) is 58.1 Å². The fourth-order valence-corrected chi connectivity index (χ4v) is 2.71. The van der Waals surface area contributed by atoms with E-state index in [0.29, 0.717) is 16.5 Å². The topological polar surface area (TPSA) is 110 Å². The average Bonchev–Trinajstić information content (AvgIpc) is 2.91. The zero-order valence-electron chi connectivity index (χ0n) is 12.7. The number of hydrogen-bond donors (Lipinski definition) is 1. The number of nitro benzene ring substituents is 1. The van der Waals surface area contributed by atoms with Gasteiger partial charge in [-0.1, -0.05) is 12.1 Å². The molecule has 0 spiro atoms. The number of para-hydroxylation sites is 1. The van der Waals surface area contributed by atoms with Crippen LogP contribution in [0.2, 0.25) is 0 Å². The molecule has 1 N–H and O–H groups in total. The number of fused-ring (bicyclic) bond motifs is 3. The van der Waals surface area contributed by atoms with Gasteiger partial charge >= 0.3 is 0 Å². The molecule has 0 bridgehead atoms. The summed E-state index contributed by atoms with van der Waals surface area (Å²) in [7, 11) is 0. The molecule has 25 heavy (non-hydrogen) atoms. The molecule has 0 unspecified atom stereocenters. The second-order valence-corrected chi connectivity index (χ2v) is 5.43. The summed E-state index contributed by atoms with van der Waals surface area (Å²) in [6.07, 6.45) is 1.56. The van der Waals surface area contributed by atoms with E-state index in [1.165, 1.54) is 28.7 Å². The van der Waals surface area contributed by atoms with Crippen LogP contribution in [0.3, 0.4) is 0 Å². The number of H-pyrrole nitrogens is 1. The summed E-state index contributed by atoms with van der Waals surface area (Å²) in [4.78, 5) is 41.7. The van der Waals surface area contributed by atoms with Crippen molar-refractivity contribution in [1.29, 1.82) is 0 Å². The van der Waals surface area contributed by atoms with Gasteiger partial charge < -0.3 is 4.98 Å². The number of hydrogen-bond acceptors (Lipinski definition) is 5. The van der Waals surface area contributed by atoms with E-state index in [-0.39, 0.29) is 22.4 Å². The highest BCUT2D eigenvalue weighted by molar-refractivity contribution is 5.79. The molecule has 0 saturated carbocycles. The quantitative estimate of drug-likeness (QED) is 0.434. The summed E-state index contributed by atoms with van der Waals surface area (Å²) in [6.45, 7) is 0. The molecule has 4 rings (SSSR count). The Balaban J connectivity index is 1.98. The molecule has 0 radical (unpaired) electrons.